The van der Waals surface area contributed by atoms with Crippen LogP contribution in [-0.4, -0.2) is 57.8 Å². The molecular weight excluding hydrogens is 396 g/mol. The van der Waals surface area contributed by atoms with Crippen molar-refractivity contribution in [3.05, 3.63) is 12.2 Å². The Hall–Kier alpha value is -2.42. The molecule has 0 unspecified atom stereocenters. The van der Waals surface area contributed by atoms with E-state index < -0.39 is 0 Å². The maximum absolute atomic E-state index is 11.5. The van der Waals surface area contributed by atoms with E-state index in [1.807, 2.05) is 6.92 Å². The minimum Gasteiger partial charge on any atom is -0.466 e. The number of piperidine rings is 1. The van der Waals surface area contributed by atoms with E-state index in [2.05, 4.69) is 65.2 Å². The SMILES string of the molecule is C=C(C)COc1nc(NCCCC(=O)OCC)nc(NC2CC(C)(C)NC(C)(C)C2)n1. The van der Waals surface area contributed by atoms with Gasteiger partial charge in [0.05, 0.1) is 6.61 Å². The van der Waals surface area contributed by atoms with E-state index >= 15 is 0 Å². The van der Waals surface area contributed by atoms with E-state index in [0.717, 1.165) is 18.4 Å². The van der Waals surface area contributed by atoms with Crippen molar-refractivity contribution in [3.63, 3.8) is 0 Å². The fourth-order valence-corrected chi connectivity index (χ4v) is 4.03. The molecule has 2 rings (SSSR count). The minimum absolute atomic E-state index is 0.0000926. The molecule has 0 saturated carbocycles. The van der Waals surface area contributed by atoms with Gasteiger partial charge in [-0.1, -0.05) is 6.58 Å². The quantitative estimate of drug-likeness (QED) is 0.274. The topological polar surface area (TPSA) is 110 Å². The standard InChI is InChI=1S/C22H38N6O3/c1-8-30-17(29)10-9-11-23-18-25-19(27-20(26-18)31-14-15(2)3)24-16-12-21(4,5)28-22(6,7)13-16/h16,28H,2,8-14H2,1,3-7H3,(H2,23,24,25,26,27). The number of hydrogen-bond acceptors (Lipinski definition) is 9. The van der Waals surface area contributed by atoms with Crippen LogP contribution >= 0.6 is 0 Å². The summed E-state index contributed by atoms with van der Waals surface area (Å²) in [6, 6.07) is 0.445. The third-order valence-corrected chi connectivity index (χ3v) is 4.73. The van der Waals surface area contributed by atoms with E-state index in [9.17, 15) is 4.79 Å². The lowest BCUT2D eigenvalue weighted by atomic mass is 9.80. The van der Waals surface area contributed by atoms with Gasteiger partial charge >= 0.3 is 12.0 Å². The summed E-state index contributed by atoms with van der Waals surface area (Å²) in [6.45, 7) is 17.6. The molecule has 0 spiro atoms. The summed E-state index contributed by atoms with van der Waals surface area (Å²) in [4.78, 5) is 24.8. The van der Waals surface area contributed by atoms with Gasteiger partial charge in [-0.05, 0) is 66.4 Å². The van der Waals surface area contributed by atoms with Crippen LogP contribution in [0.4, 0.5) is 11.9 Å². The van der Waals surface area contributed by atoms with E-state index in [-0.39, 0.29) is 29.1 Å². The highest BCUT2D eigenvalue weighted by atomic mass is 16.5. The van der Waals surface area contributed by atoms with Crippen LogP contribution in [0.1, 0.15) is 67.2 Å². The molecule has 1 aliphatic rings. The fourth-order valence-electron chi connectivity index (χ4n) is 4.03. The van der Waals surface area contributed by atoms with Gasteiger partial charge in [0.15, 0.2) is 0 Å². The number of carbonyl (C=O) groups is 1. The third kappa shape index (κ3) is 9.08. The molecule has 0 bridgehead atoms. The molecule has 0 amide bonds. The van der Waals surface area contributed by atoms with Gasteiger partial charge in [0, 0.05) is 30.1 Å². The molecule has 3 N–H and O–H groups in total. The summed E-state index contributed by atoms with van der Waals surface area (Å²) in [5.41, 5.74) is 0.875. The van der Waals surface area contributed by atoms with Gasteiger partial charge in [-0.25, -0.2) is 0 Å². The zero-order valence-corrected chi connectivity index (χ0v) is 19.8. The molecule has 1 saturated heterocycles. The average molecular weight is 435 g/mol. The predicted octanol–water partition coefficient (Wildman–Crippen LogP) is 3.30. The number of esters is 1. The Balaban J connectivity index is 2.08. The first kappa shape index (κ1) is 24.8. The molecule has 0 radical (unpaired) electrons. The van der Waals surface area contributed by atoms with Crippen LogP contribution in [0.3, 0.4) is 0 Å². The zero-order chi connectivity index (χ0) is 23.1. The van der Waals surface area contributed by atoms with Crippen molar-refractivity contribution in [3.8, 4) is 6.01 Å². The molecule has 31 heavy (non-hydrogen) atoms. The number of hydrogen-bond donors (Lipinski definition) is 3. The van der Waals surface area contributed by atoms with Gasteiger partial charge in [-0.15, -0.1) is 0 Å². The number of aromatic nitrogens is 3. The maximum Gasteiger partial charge on any atom is 0.323 e. The Morgan fingerprint density at radius 3 is 2.42 bits per heavy atom. The molecular formula is C22H38N6O3. The Bertz CT molecular complexity index is 750. The summed E-state index contributed by atoms with van der Waals surface area (Å²) < 4.78 is 10.6. The lowest BCUT2D eigenvalue weighted by Crippen LogP contribution is -2.60. The monoisotopic (exact) mass is 434 g/mol. The number of nitrogens with zero attached hydrogens (tertiary/aromatic N) is 3. The molecule has 0 aliphatic carbocycles. The second-order valence-electron chi connectivity index (χ2n) is 9.49. The summed E-state index contributed by atoms with van der Waals surface area (Å²) in [5, 5.41) is 10.3. The van der Waals surface area contributed by atoms with E-state index in [0.29, 0.717) is 44.5 Å². The number of ether oxygens (including phenoxy) is 2. The van der Waals surface area contributed by atoms with Crippen LogP contribution in [-0.2, 0) is 9.53 Å². The van der Waals surface area contributed by atoms with Gasteiger partial charge in [-0.2, -0.15) is 15.0 Å². The van der Waals surface area contributed by atoms with Crippen LogP contribution in [0.5, 0.6) is 6.01 Å². The highest BCUT2D eigenvalue weighted by Gasteiger charge is 2.38. The van der Waals surface area contributed by atoms with Crippen LogP contribution < -0.4 is 20.7 Å². The van der Waals surface area contributed by atoms with Crippen LogP contribution in [0, 0.1) is 0 Å². The number of nitrogens with one attached hydrogen (secondary N) is 3. The van der Waals surface area contributed by atoms with Gasteiger partial charge in [0.2, 0.25) is 11.9 Å². The van der Waals surface area contributed by atoms with Crippen LogP contribution in [0.25, 0.3) is 0 Å². The number of carbonyl (C=O) groups excluding carboxylic acids is 1. The van der Waals surface area contributed by atoms with Crippen molar-refractivity contribution >= 4 is 17.9 Å². The third-order valence-electron chi connectivity index (χ3n) is 4.73. The highest BCUT2D eigenvalue weighted by Crippen LogP contribution is 2.30. The molecule has 9 nitrogen and oxygen atoms in total. The van der Waals surface area contributed by atoms with Crippen LogP contribution in [0.15, 0.2) is 12.2 Å². The van der Waals surface area contributed by atoms with Crippen LogP contribution in [0.2, 0.25) is 0 Å². The largest absolute Gasteiger partial charge is 0.466 e. The zero-order valence-electron chi connectivity index (χ0n) is 19.8. The molecule has 9 heteroatoms. The van der Waals surface area contributed by atoms with Gasteiger partial charge < -0.3 is 25.4 Å². The van der Waals surface area contributed by atoms with Crippen molar-refractivity contribution in [1.82, 2.24) is 20.3 Å². The average Bonchev–Trinajstić information content (AvgIpc) is 2.61. The normalized spacial score (nSPS) is 17.6. The first-order valence-corrected chi connectivity index (χ1v) is 11.0. The van der Waals surface area contributed by atoms with Gasteiger partial charge in [0.1, 0.15) is 6.61 Å². The summed E-state index contributed by atoms with van der Waals surface area (Å²) in [5.74, 6) is 0.674. The van der Waals surface area contributed by atoms with Crippen molar-refractivity contribution in [2.45, 2.75) is 84.3 Å². The molecule has 174 valence electrons. The molecule has 0 aromatic carbocycles. The summed E-state index contributed by atoms with van der Waals surface area (Å²) in [6.07, 6.45) is 2.83. The lowest BCUT2D eigenvalue weighted by Gasteiger charge is -2.46. The van der Waals surface area contributed by atoms with Crippen molar-refractivity contribution in [2.24, 2.45) is 0 Å². The highest BCUT2D eigenvalue weighted by molar-refractivity contribution is 5.69. The van der Waals surface area contributed by atoms with Crippen molar-refractivity contribution < 1.29 is 14.3 Å². The number of rotatable bonds is 11. The predicted molar refractivity (Wildman–Crippen MR) is 122 cm³/mol. The second kappa shape index (κ2) is 10.7. The van der Waals surface area contributed by atoms with Crippen molar-refractivity contribution in [1.29, 1.82) is 0 Å². The Labute approximate surface area is 185 Å². The first-order valence-electron chi connectivity index (χ1n) is 11.0. The molecule has 1 aromatic rings. The molecule has 0 atom stereocenters. The fraction of sp³-hybridized carbons (Fsp3) is 0.727. The molecule has 1 fully saturated rings. The molecule has 2 heterocycles. The maximum atomic E-state index is 11.5. The van der Waals surface area contributed by atoms with Gasteiger partial charge in [-0.3, -0.25) is 4.79 Å². The Kier molecular flexibility index (Phi) is 8.61. The van der Waals surface area contributed by atoms with E-state index in [1.165, 1.54) is 0 Å². The smallest absolute Gasteiger partial charge is 0.323 e. The Morgan fingerprint density at radius 2 is 1.81 bits per heavy atom. The lowest BCUT2D eigenvalue weighted by molar-refractivity contribution is -0.143. The van der Waals surface area contributed by atoms with E-state index in [1.54, 1.807) is 6.92 Å². The first-order chi connectivity index (χ1) is 14.5. The van der Waals surface area contributed by atoms with E-state index in [4.69, 9.17) is 9.47 Å². The summed E-state index contributed by atoms with van der Waals surface area (Å²) >= 11 is 0. The molecule has 1 aliphatic heterocycles. The minimum atomic E-state index is -0.205. The summed E-state index contributed by atoms with van der Waals surface area (Å²) in [7, 11) is 0. The Morgan fingerprint density at radius 1 is 1.16 bits per heavy atom. The second-order valence-corrected chi connectivity index (χ2v) is 9.49. The number of anilines is 2. The molecule has 1 aromatic heterocycles. The van der Waals surface area contributed by atoms with Gasteiger partial charge in [0.25, 0.3) is 0 Å². The van der Waals surface area contributed by atoms with Crippen molar-refractivity contribution in [2.75, 3.05) is 30.4 Å².